The minimum Gasteiger partial charge on any atom is -0.341 e. The minimum absolute atomic E-state index is 0.0502. The van der Waals surface area contributed by atoms with Crippen LogP contribution in [0.5, 0.6) is 0 Å². The van der Waals surface area contributed by atoms with Gasteiger partial charge in [0, 0.05) is 22.6 Å². The van der Waals surface area contributed by atoms with Gasteiger partial charge in [-0.25, -0.2) is 0 Å². The van der Waals surface area contributed by atoms with E-state index in [2.05, 4.69) is 0 Å². The van der Waals surface area contributed by atoms with E-state index in [0.29, 0.717) is 16.4 Å². The highest BCUT2D eigenvalue weighted by Gasteiger charge is 2.20. The van der Waals surface area contributed by atoms with Crippen LogP contribution in [0.25, 0.3) is 0 Å². The summed E-state index contributed by atoms with van der Waals surface area (Å²) < 4.78 is 12.0. The fraction of sp³-hybridized carbons (Fsp3) is 0.278. The van der Waals surface area contributed by atoms with Gasteiger partial charge in [0.05, 0.1) is 0 Å². The van der Waals surface area contributed by atoms with E-state index < -0.39 is 7.37 Å². The molecule has 0 heterocycles. The molecule has 22 heavy (non-hydrogen) atoms. The Balaban J connectivity index is 2.41. The zero-order chi connectivity index (χ0) is 16.5. The Bertz CT molecular complexity index is 737. The fourth-order valence-electron chi connectivity index (χ4n) is 2.71. The van der Waals surface area contributed by atoms with Crippen molar-refractivity contribution in [2.45, 2.75) is 27.7 Å². The van der Waals surface area contributed by atoms with Crippen molar-refractivity contribution in [3.8, 4) is 0 Å². The van der Waals surface area contributed by atoms with E-state index >= 15 is 0 Å². The van der Waals surface area contributed by atoms with Gasteiger partial charge in [0.1, 0.15) is 0 Å². The van der Waals surface area contributed by atoms with Crippen molar-refractivity contribution in [2.24, 2.45) is 0 Å². The third kappa shape index (κ3) is 3.21. The Hall–Kier alpha value is -1.70. The molecule has 2 aromatic carbocycles. The third-order valence-corrected chi connectivity index (χ3v) is 5.83. The third-order valence-electron chi connectivity index (χ3n) is 3.87. The molecular formula is C18H21O3P. The molecule has 0 spiro atoms. The second-order valence-electron chi connectivity index (χ2n) is 5.67. The number of aryl methyl sites for hydroxylation is 3. The predicted molar refractivity (Wildman–Crippen MR) is 90.5 cm³/mol. The van der Waals surface area contributed by atoms with Crippen molar-refractivity contribution in [1.82, 2.24) is 0 Å². The summed E-state index contributed by atoms with van der Waals surface area (Å²) in [5.41, 5.74) is 4.28. The number of hydrogen-bond acceptors (Lipinski definition) is 2. The SMILES string of the molecule is CCP(=O)(O)c1ccc(C(=O)c2c(C)cc(C)cc2C)cc1. The highest BCUT2D eigenvalue weighted by Crippen LogP contribution is 2.38. The Morgan fingerprint density at radius 1 is 1.05 bits per heavy atom. The maximum Gasteiger partial charge on any atom is 0.229 e. The van der Waals surface area contributed by atoms with Gasteiger partial charge in [-0.15, -0.1) is 0 Å². The minimum atomic E-state index is -3.28. The molecule has 2 rings (SSSR count). The Kier molecular flexibility index (Phi) is 4.69. The molecule has 0 fully saturated rings. The molecule has 2 aromatic rings. The lowest BCUT2D eigenvalue weighted by Crippen LogP contribution is -2.10. The van der Waals surface area contributed by atoms with Crippen molar-refractivity contribution in [3.05, 3.63) is 64.2 Å². The normalized spacial score (nSPS) is 13.7. The van der Waals surface area contributed by atoms with Crippen LogP contribution in [0.1, 0.15) is 39.5 Å². The number of benzene rings is 2. The maximum atomic E-state index is 12.7. The summed E-state index contributed by atoms with van der Waals surface area (Å²) in [4.78, 5) is 22.5. The Morgan fingerprint density at radius 3 is 2.00 bits per heavy atom. The van der Waals surface area contributed by atoms with Crippen LogP contribution in [0.2, 0.25) is 0 Å². The van der Waals surface area contributed by atoms with E-state index in [9.17, 15) is 14.3 Å². The van der Waals surface area contributed by atoms with E-state index in [-0.39, 0.29) is 11.9 Å². The van der Waals surface area contributed by atoms with Crippen LogP contribution in [0.4, 0.5) is 0 Å². The predicted octanol–water partition coefficient (Wildman–Crippen LogP) is 3.76. The molecule has 1 atom stereocenters. The highest BCUT2D eigenvalue weighted by molar-refractivity contribution is 7.66. The summed E-state index contributed by atoms with van der Waals surface area (Å²) in [5.74, 6) is -0.0502. The van der Waals surface area contributed by atoms with E-state index in [1.807, 2.05) is 32.9 Å². The number of carbonyl (C=O) groups excluding carboxylic acids is 1. The average molecular weight is 316 g/mol. The van der Waals surface area contributed by atoms with Gasteiger partial charge in [-0.1, -0.05) is 36.8 Å². The molecule has 1 unspecified atom stereocenters. The van der Waals surface area contributed by atoms with Crippen molar-refractivity contribution in [1.29, 1.82) is 0 Å². The van der Waals surface area contributed by atoms with Crippen LogP contribution in [-0.2, 0) is 4.57 Å². The molecule has 3 nitrogen and oxygen atoms in total. The molecule has 0 radical (unpaired) electrons. The van der Waals surface area contributed by atoms with Crippen LogP contribution in [0.3, 0.4) is 0 Å². The van der Waals surface area contributed by atoms with Crippen molar-refractivity contribution >= 4 is 18.5 Å². The van der Waals surface area contributed by atoms with Gasteiger partial charge in [-0.2, -0.15) is 0 Å². The average Bonchev–Trinajstić information content (AvgIpc) is 2.46. The van der Waals surface area contributed by atoms with E-state index in [1.165, 1.54) is 0 Å². The van der Waals surface area contributed by atoms with Crippen LogP contribution < -0.4 is 5.30 Å². The number of ketones is 1. The lowest BCUT2D eigenvalue weighted by molar-refractivity contribution is 0.103. The summed E-state index contributed by atoms with van der Waals surface area (Å²) >= 11 is 0. The highest BCUT2D eigenvalue weighted by atomic mass is 31.2. The first kappa shape index (κ1) is 16.7. The number of carbonyl (C=O) groups is 1. The largest absolute Gasteiger partial charge is 0.341 e. The second-order valence-corrected chi connectivity index (χ2v) is 8.22. The van der Waals surface area contributed by atoms with E-state index in [4.69, 9.17) is 0 Å². The number of hydrogen-bond donors (Lipinski definition) is 1. The Labute approximate surface area is 131 Å². The van der Waals surface area contributed by atoms with Gasteiger partial charge in [-0.3, -0.25) is 9.36 Å². The molecule has 0 saturated carbocycles. The molecule has 0 aromatic heterocycles. The number of rotatable bonds is 4. The second kappa shape index (κ2) is 6.20. The molecule has 0 bridgehead atoms. The summed E-state index contributed by atoms with van der Waals surface area (Å²) in [6, 6.07) is 10.4. The molecule has 4 heteroatoms. The van der Waals surface area contributed by atoms with Crippen molar-refractivity contribution in [3.63, 3.8) is 0 Å². The summed E-state index contributed by atoms with van der Waals surface area (Å²) in [6.07, 6.45) is 0.191. The van der Waals surface area contributed by atoms with Crippen molar-refractivity contribution in [2.75, 3.05) is 6.16 Å². The summed E-state index contributed by atoms with van der Waals surface area (Å²) in [7, 11) is -3.28. The van der Waals surface area contributed by atoms with Gasteiger partial charge < -0.3 is 4.89 Å². The molecule has 0 amide bonds. The van der Waals surface area contributed by atoms with E-state index in [0.717, 1.165) is 16.7 Å². The molecule has 116 valence electrons. The topological polar surface area (TPSA) is 54.4 Å². The van der Waals surface area contributed by atoms with Gasteiger partial charge >= 0.3 is 0 Å². The van der Waals surface area contributed by atoms with Gasteiger partial charge in [0.15, 0.2) is 5.78 Å². The molecule has 0 aliphatic rings. The first-order valence-electron chi connectivity index (χ1n) is 7.31. The fourth-order valence-corrected chi connectivity index (χ4v) is 3.69. The van der Waals surface area contributed by atoms with Crippen LogP contribution in [0.15, 0.2) is 36.4 Å². The standard InChI is InChI=1S/C18H21O3P/c1-5-22(20,21)16-8-6-15(7-9-16)18(19)17-13(3)10-12(2)11-14(17)4/h6-11H,5H2,1-4H3,(H,20,21). The maximum absolute atomic E-state index is 12.7. The van der Waals surface area contributed by atoms with E-state index in [1.54, 1.807) is 31.2 Å². The zero-order valence-corrected chi connectivity index (χ0v) is 14.3. The molecule has 0 saturated heterocycles. The monoisotopic (exact) mass is 316 g/mol. The summed E-state index contributed by atoms with van der Waals surface area (Å²) in [6.45, 7) is 7.55. The Morgan fingerprint density at radius 2 is 1.55 bits per heavy atom. The lowest BCUT2D eigenvalue weighted by Gasteiger charge is -2.12. The van der Waals surface area contributed by atoms with Gasteiger partial charge in [-0.05, 0) is 44.0 Å². The first-order chi connectivity index (χ1) is 10.3. The molecular weight excluding hydrogens is 295 g/mol. The molecule has 1 N–H and O–H groups in total. The first-order valence-corrected chi connectivity index (χ1v) is 9.15. The van der Waals surface area contributed by atoms with Crippen LogP contribution in [-0.4, -0.2) is 16.8 Å². The van der Waals surface area contributed by atoms with Crippen LogP contribution >= 0.6 is 7.37 Å². The molecule has 0 aliphatic carbocycles. The lowest BCUT2D eigenvalue weighted by atomic mass is 9.93. The zero-order valence-electron chi connectivity index (χ0n) is 13.4. The van der Waals surface area contributed by atoms with Gasteiger partial charge in [0.25, 0.3) is 0 Å². The smallest absolute Gasteiger partial charge is 0.229 e. The van der Waals surface area contributed by atoms with Crippen LogP contribution in [0, 0.1) is 20.8 Å². The quantitative estimate of drug-likeness (QED) is 0.690. The van der Waals surface area contributed by atoms with Gasteiger partial charge in [0.2, 0.25) is 7.37 Å². The van der Waals surface area contributed by atoms with Crippen molar-refractivity contribution < 1.29 is 14.3 Å². The molecule has 0 aliphatic heterocycles. The summed E-state index contributed by atoms with van der Waals surface area (Å²) in [5, 5.41) is 0.393.